The number of carbonyl (C=O) groups is 1. The number of nitrogens with one attached hydrogen (secondary N) is 2. The smallest absolute Gasteiger partial charge is 0.315 e. The number of aromatic nitrogens is 1. The maximum Gasteiger partial charge on any atom is 0.315 e. The largest absolute Gasteiger partial charge is 0.444 e. The van der Waals surface area contributed by atoms with E-state index < -0.39 is 0 Å². The Morgan fingerprint density at radius 1 is 1.44 bits per heavy atom. The third kappa shape index (κ3) is 3.48. The van der Waals surface area contributed by atoms with Crippen molar-refractivity contribution in [3.05, 3.63) is 17.8 Å². The van der Waals surface area contributed by atoms with Gasteiger partial charge in [-0.2, -0.15) is 0 Å². The van der Waals surface area contributed by atoms with E-state index in [1.54, 1.807) is 6.20 Å². The topological polar surface area (TPSA) is 67.2 Å². The first-order valence-electron chi connectivity index (χ1n) is 6.64. The van der Waals surface area contributed by atoms with Crippen LogP contribution in [-0.4, -0.2) is 17.1 Å². The minimum absolute atomic E-state index is 0.134. The van der Waals surface area contributed by atoms with Crippen molar-refractivity contribution < 1.29 is 9.21 Å². The fourth-order valence-electron chi connectivity index (χ4n) is 2.30. The number of hydrogen-bond acceptors (Lipinski definition) is 3. The molecule has 0 aromatic carbocycles. The number of amides is 2. The Bertz CT molecular complexity index is 397. The minimum Gasteiger partial charge on any atom is -0.444 e. The summed E-state index contributed by atoms with van der Waals surface area (Å²) in [5.74, 6) is 1.30. The highest BCUT2D eigenvalue weighted by Crippen LogP contribution is 2.17. The van der Waals surface area contributed by atoms with Gasteiger partial charge in [-0.1, -0.05) is 19.3 Å². The fraction of sp³-hybridized carbons (Fsp3) is 0.692. The highest BCUT2D eigenvalue weighted by Gasteiger charge is 2.18. The molecular formula is C13H21N3O2. The molecule has 0 aliphatic heterocycles. The lowest BCUT2D eigenvalue weighted by Gasteiger charge is -2.23. The molecule has 5 heteroatoms. The van der Waals surface area contributed by atoms with Crippen LogP contribution in [0.2, 0.25) is 0 Å². The van der Waals surface area contributed by atoms with Crippen molar-refractivity contribution in [3.8, 4) is 0 Å². The second-order valence-electron chi connectivity index (χ2n) is 4.98. The zero-order valence-electron chi connectivity index (χ0n) is 11.0. The van der Waals surface area contributed by atoms with Crippen molar-refractivity contribution in [1.82, 2.24) is 15.6 Å². The predicted molar refractivity (Wildman–Crippen MR) is 68.2 cm³/mol. The third-order valence-electron chi connectivity index (χ3n) is 3.30. The van der Waals surface area contributed by atoms with E-state index in [0.717, 1.165) is 18.6 Å². The van der Waals surface area contributed by atoms with Gasteiger partial charge in [0.25, 0.3) is 0 Å². The van der Waals surface area contributed by atoms with Gasteiger partial charge in [-0.15, -0.1) is 0 Å². The van der Waals surface area contributed by atoms with Crippen molar-refractivity contribution >= 4 is 6.03 Å². The lowest BCUT2D eigenvalue weighted by atomic mass is 9.96. The highest BCUT2D eigenvalue weighted by molar-refractivity contribution is 5.74. The predicted octanol–water partition coefficient (Wildman–Crippen LogP) is 2.68. The quantitative estimate of drug-likeness (QED) is 0.868. The Kier molecular flexibility index (Phi) is 4.23. The number of urea groups is 1. The summed E-state index contributed by atoms with van der Waals surface area (Å²) in [7, 11) is 0. The van der Waals surface area contributed by atoms with Gasteiger partial charge in [-0.05, 0) is 26.7 Å². The number of hydrogen-bond donors (Lipinski definition) is 2. The van der Waals surface area contributed by atoms with Crippen LogP contribution in [0.3, 0.4) is 0 Å². The van der Waals surface area contributed by atoms with Crippen molar-refractivity contribution in [1.29, 1.82) is 0 Å². The normalized spacial score (nSPS) is 18.3. The standard InChI is InChI=1S/C13H21N3O2/c1-9-8-14-12(18-9)10(2)15-13(17)16-11-6-4-3-5-7-11/h8,10-11H,3-7H2,1-2H3,(H2,15,16,17). The van der Waals surface area contributed by atoms with Crippen LogP contribution < -0.4 is 10.6 Å². The molecule has 2 amide bonds. The van der Waals surface area contributed by atoms with Gasteiger partial charge >= 0.3 is 6.03 Å². The van der Waals surface area contributed by atoms with Crippen molar-refractivity contribution in [2.45, 2.75) is 58.0 Å². The van der Waals surface area contributed by atoms with Crippen LogP contribution in [0.5, 0.6) is 0 Å². The average Bonchev–Trinajstić information content (AvgIpc) is 2.77. The Labute approximate surface area is 107 Å². The monoisotopic (exact) mass is 251 g/mol. The molecule has 0 radical (unpaired) electrons. The summed E-state index contributed by atoms with van der Waals surface area (Å²) < 4.78 is 5.38. The first-order chi connectivity index (χ1) is 8.65. The summed E-state index contributed by atoms with van der Waals surface area (Å²) in [6.07, 6.45) is 7.52. The molecule has 1 saturated carbocycles. The van der Waals surface area contributed by atoms with Crippen LogP contribution >= 0.6 is 0 Å². The van der Waals surface area contributed by atoms with Crippen LogP contribution in [0.15, 0.2) is 10.6 Å². The molecule has 1 aliphatic rings. The van der Waals surface area contributed by atoms with Gasteiger partial charge < -0.3 is 15.1 Å². The van der Waals surface area contributed by atoms with E-state index in [1.807, 2.05) is 13.8 Å². The van der Waals surface area contributed by atoms with E-state index in [0.29, 0.717) is 11.9 Å². The average molecular weight is 251 g/mol. The van der Waals surface area contributed by atoms with Crippen LogP contribution in [0.4, 0.5) is 4.79 Å². The maximum absolute atomic E-state index is 11.8. The van der Waals surface area contributed by atoms with E-state index in [-0.39, 0.29) is 12.1 Å². The van der Waals surface area contributed by atoms with E-state index in [4.69, 9.17) is 4.42 Å². The van der Waals surface area contributed by atoms with Gasteiger partial charge in [-0.3, -0.25) is 0 Å². The first kappa shape index (κ1) is 12.9. The fourth-order valence-corrected chi connectivity index (χ4v) is 2.30. The zero-order valence-corrected chi connectivity index (χ0v) is 11.0. The second-order valence-corrected chi connectivity index (χ2v) is 4.98. The molecule has 0 bridgehead atoms. The third-order valence-corrected chi connectivity index (χ3v) is 3.30. The van der Waals surface area contributed by atoms with Crippen LogP contribution in [-0.2, 0) is 0 Å². The number of rotatable bonds is 3. The van der Waals surface area contributed by atoms with Gasteiger partial charge in [-0.25, -0.2) is 9.78 Å². The number of aryl methyl sites for hydroxylation is 1. The Morgan fingerprint density at radius 3 is 2.78 bits per heavy atom. The summed E-state index contributed by atoms with van der Waals surface area (Å²) in [4.78, 5) is 15.9. The van der Waals surface area contributed by atoms with Gasteiger partial charge in [0.15, 0.2) is 0 Å². The lowest BCUT2D eigenvalue weighted by Crippen LogP contribution is -2.43. The van der Waals surface area contributed by atoms with E-state index in [9.17, 15) is 4.79 Å². The van der Waals surface area contributed by atoms with Gasteiger partial charge in [0.05, 0.1) is 6.20 Å². The number of oxazole rings is 1. The Morgan fingerprint density at radius 2 is 2.17 bits per heavy atom. The van der Waals surface area contributed by atoms with Crippen molar-refractivity contribution in [2.24, 2.45) is 0 Å². The summed E-state index contributed by atoms with van der Waals surface area (Å²) in [6, 6.07) is -0.0233. The summed E-state index contributed by atoms with van der Waals surface area (Å²) in [6.45, 7) is 3.71. The molecular weight excluding hydrogens is 230 g/mol. The minimum atomic E-state index is -0.206. The van der Waals surface area contributed by atoms with Crippen LogP contribution in [0, 0.1) is 6.92 Å². The van der Waals surface area contributed by atoms with E-state index >= 15 is 0 Å². The van der Waals surface area contributed by atoms with Crippen molar-refractivity contribution in [3.63, 3.8) is 0 Å². The second kappa shape index (κ2) is 5.89. The molecule has 2 N–H and O–H groups in total. The molecule has 1 heterocycles. The van der Waals surface area contributed by atoms with E-state index in [1.165, 1.54) is 19.3 Å². The zero-order chi connectivity index (χ0) is 13.0. The lowest BCUT2D eigenvalue weighted by molar-refractivity contribution is 0.227. The maximum atomic E-state index is 11.8. The molecule has 0 saturated heterocycles. The molecule has 1 aliphatic carbocycles. The number of carbonyl (C=O) groups excluding carboxylic acids is 1. The molecule has 5 nitrogen and oxygen atoms in total. The van der Waals surface area contributed by atoms with Gasteiger partial charge in [0.2, 0.25) is 5.89 Å². The molecule has 1 fully saturated rings. The highest BCUT2D eigenvalue weighted by atomic mass is 16.4. The molecule has 1 aromatic rings. The molecule has 1 aromatic heterocycles. The molecule has 100 valence electrons. The number of nitrogens with zero attached hydrogens (tertiary/aromatic N) is 1. The molecule has 1 atom stereocenters. The van der Waals surface area contributed by atoms with Gasteiger partial charge in [0, 0.05) is 6.04 Å². The molecule has 0 spiro atoms. The summed E-state index contributed by atoms with van der Waals surface area (Å²) in [5, 5.41) is 5.86. The molecule has 1 unspecified atom stereocenters. The van der Waals surface area contributed by atoms with Crippen LogP contribution in [0.25, 0.3) is 0 Å². The van der Waals surface area contributed by atoms with E-state index in [2.05, 4.69) is 15.6 Å². The Balaban J connectivity index is 1.79. The first-order valence-corrected chi connectivity index (χ1v) is 6.64. The summed E-state index contributed by atoms with van der Waals surface area (Å²) >= 11 is 0. The Hall–Kier alpha value is -1.52. The molecule has 18 heavy (non-hydrogen) atoms. The molecule has 2 rings (SSSR count). The van der Waals surface area contributed by atoms with Crippen LogP contribution in [0.1, 0.15) is 56.7 Å². The summed E-state index contributed by atoms with van der Waals surface area (Å²) in [5.41, 5.74) is 0. The van der Waals surface area contributed by atoms with Gasteiger partial charge in [0.1, 0.15) is 11.8 Å². The SMILES string of the molecule is Cc1cnc(C(C)NC(=O)NC2CCCCC2)o1. The van der Waals surface area contributed by atoms with Crippen molar-refractivity contribution in [2.75, 3.05) is 0 Å².